The van der Waals surface area contributed by atoms with Crippen molar-refractivity contribution in [2.24, 2.45) is 0 Å². The van der Waals surface area contributed by atoms with Crippen LogP contribution in [-0.4, -0.2) is 27.9 Å². The lowest BCUT2D eigenvalue weighted by molar-refractivity contribution is -0.137. The van der Waals surface area contributed by atoms with Gasteiger partial charge < -0.3 is 9.47 Å². The van der Waals surface area contributed by atoms with Crippen molar-refractivity contribution in [3.63, 3.8) is 0 Å². The van der Waals surface area contributed by atoms with Gasteiger partial charge in [0.2, 0.25) is 10.0 Å². The van der Waals surface area contributed by atoms with Gasteiger partial charge in [-0.3, -0.25) is 4.72 Å². The Bertz CT molecular complexity index is 788. The van der Waals surface area contributed by atoms with Crippen LogP contribution in [0.3, 0.4) is 0 Å². The third-order valence-electron chi connectivity index (χ3n) is 3.17. The van der Waals surface area contributed by atoms with Gasteiger partial charge in [-0.2, -0.15) is 13.2 Å². The highest BCUT2D eigenvalue weighted by Gasteiger charge is 2.30. The summed E-state index contributed by atoms with van der Waals surface area (Å²) >= 11 is 0. The summed E-state index contributed by atoms with van der Waals surface area (Å²) in [4.78, 5) is 0. The number of rotatable bonds is 7. The second-order valence-electron chi connectivity index (χ2n) is 5.02. The fraction of sp³-hybridized carbons (Fsp3) is 0.250. The van der Waals surface area contributed by atoms with E-state index in [0.717, 1.165) is 24.3 Å². The van der Waals surface area contributed by atoms with Gasteiger partial charge in [0.1, 0.15) is 23.9 Å². The van der Waals surface area contributed by atoms with Crippen molar-refractivity contribution in [3.05, 3.63) is 54.1 Å². The fourth-order valence-electron chi connectivity index (χ4n) is 1.90. The van der Waals surface area contributed by atoms with Gasteiger partial charge in [0.25, 0.3) is 0 Å². The molecule has 0 aliphatic rings. The summed E-state index contributed by atoms with van der Waals surface area (Å²) < 4.78 is 73.8. The Morgan fingerprint density at radius 2 is 1.52 bits per heavy atom. The zero-order chi connectivity index (χ0) is 18.5. The van der Waals surface area contributed by atoms with E-state index in [-0.39, 0.29) is 18.0 Å². The molecule has 0 atom stereocenters. The lowest BCUT2D eigenvalue weighted by Gasteiger charge is -2.11. The summed E-state index contributed by atoms with van der Waals surface area (Å²) in [5, 5.41) is 0. The summed E-state index contributed by atoms with van der Waals surface area (Å²) in [6, 6.07) is 10.4. The Kier molecular flexibility index (Phi) is 5.78. The maximum absolute atomic E-state index is 12.5. The van der Waals surface area contributed by atoms with Gasteiger partial charge >= 0.3 is 6.18 Å². The third kappa shape index (κ3) is 5.86. The second-order valence-corrected chi connectivity index (χ2v) is 6.86. The summed E-state index contributed by atoms with van der Waals surface area (Å²) in [6.45, 7) is -0.109. The maximum Gasteiger partial charge on any atom is 0.416 e. The van der Waals surface area contributed by atoms with E-state index < -0.39 is 21.8 Å². The van der Waals surface area contributed by atoms with Crippen molar-refractivity contribution in [1.82, 2.24) is 0 Å². The number of nitrogens with one attached hydrogen (secondary N) is 1. The van der Waals surface area contributed by atoms with Gasteiger partial charge in [0, 0.05) is 5.69 Å². The van der Waals surface area contributed by atoms with Crippen molar-refractivity contribution in [2.45, 2.75) is 6.18 Å². The minimum absolute atomic E-state index is 0.0532. The Labute approximate surface area is 143 Å². The molecule has 2 aromatic rings. The Balaban J connectivity index is 1.88. The molecule has 25 heavy (non-hydrogen) atoms. The zero-order valence-corrected chi connectivity index (χ0v) is 14.0. The Morgan fingerprint density at radius 3 is 2.04 bits per heavy atom. The first-order chi connectivity index (χ1) is 11.7. The molecule has 1 N–H and O–H groups in total. The van der Waals surface area contributed by atoms with E-state index in [1.807, 2.05) is 0 Å². The number of ether oxygens (including phenoxy) is 2. The topological polar surface area (TPSA) is 64.6 Å². The Morgan fingerprint density at radius 1 is 0.960 bits per heavy atom. The number of anilines is 1. The molecule has 0 fully saturated rings. The first-order valence-corrected chi connectivity index (χ1v) is 8.79. The second kappa shape index (κ2) is 7.64. The van der Waals surface area contributed by atoms with E-state index in [9.17, 15) is 21.6 Å². The summed E-state index contributed by atoms with van der Waals surface area (Å²) in [5.74, 6) is 0.773. The SMILES string of the molecule is COc1ccc(OCCS(=O)(=O)Nc2ccc(C(F)(F)F)cc2)cc1. The van der Waals surface area contributed by atoms with Crippen molar-refractivity contribution in [1.29, 1.82) is 0 Å². The Hall–Kier alpha value is -2.42. The minimum atomic E-state index is -4.47. The van der Waals surface area contributed by atoms with Gasteiger partial charge in [0.05, 0.1) is 12.7 Å². The number of sulfonamides is 1. The van der Waals surface area contributed by atoms with Crippen LogP contribution >= 0.6 is 0 Å². The van der Waals surface area contributed by atoms with Crippen molar-refractivity contribution in [3.8, 4) is 11.5 Å². The quantitative estimate of drug-likeness (QED) is 0.804. The molecule has 0 unspecified atom stereocenters. The summed E-state index contributed by atoms with van der Waals surface area (Å²) in [6.07, 6.45) is -4.47. The average molecular weight is 375 g/mol. The maximum atomic E-state index is 12.5. The molecule has 9 heteroatoms. The van der Waals surface area contributed by atoms with E-state index in [0.29, 0.717) is 11.5 Å². The van der Waals surface area contributed by atoms with Crippen LogP contribution in [0.5, 0.6) is 11.5 Å². The van der Waals surface area contributed by atoms with Crippen LogP contribution in [0.15, 0.2) is 48.5 Å². The van der Waals surface area contributed by atoms with Crippen LogP contribution in [0, 0.1) is 0 Å². The van der Waals surface area contributed by atoms with E-state index in [1.54, 1.807) is 24.3 Å². The minimum Gasteiger partial charge on any atom is -0.497 e. The number of hydrogen-bond donors (Lipinski definition) is 1. The number of halogens is 3. The van der Waals surface area contributed by atoms with Crippen molar-refractivity contribution in [2.75, 3.05) is 24.2 Å². The smallest absolute Gasteiger partial charge is 0.416 e. The van der Waals surface area contributed by atoms with E-state index in [1.165, 1.54) is 7.11 Å². The molecule has 0 aliphatic heterocycles. The molecule has 0 heterocycles. The van der Waals surface area contributed by atoms with Crippen LogP contribution in [0.25, 0.3) is 0 Å². The van der Waals surface area contributed by atoms with Crippen molar-refractivity contribution < 1.29 is 31.1 Å². The van der Waals surface area contributed by atoms with Crippen LogP contribution in [0.2, 0.25) is 0 Å². The molecular formula is C16H16F3NO4S. The lowest BCUT2D eigenvalue weighted by atomic mass is 10.2. The molecule has 0 radical (unpaired) electrons. The largest absolute Gasteiger partial charge is 0.497 e. The van der Waals surface area contributed by atoms with Crippen LogP contribution in [0.1, 0.15) is 5.56 Å². The molecule has 5 nitrogen and oxygen atoms in total. The highest BCUT2D eigenvalue weighted by molar-refractivity contribution is 7.92. The van der Waals surface area contributed by atoms with Crippen LogP contribution < -0.4 is 14.2 Å². The molecule has 2 rings (SSSR count). The number of benzene rings is 2. The molecule has 136 valence electrons. The first kappa shape index (κ1) is 18.9. The molecule has 0 spiro atoms. The standard InChI is InChI=1S/C16H16F3NO4S/c1-23-14-6-8-15(9-7-14)24-10-11-25(21,22)20-13-4-2-12(3-5-13)16(17,18)19/h2-9,20H,10-11H2,1H3. The number of alkyl halides is 3. The monoisotopic (exact) mass is 375 g/mol. The molecule has 0 amide bonds. The highest BCUT2D eigenvalue weighted by atomic mass is 32.2. The molecule has 0 saturated carbocycles. The van der Waals surface area contributed by atoms with Gasteiger partial charge in [0.15, 0.2) is 0 Å². The molecule has 2 aromatic carbocycles. The molecular weight excluding hydrogens is 359 g/mol. The normalized spacial score (nSPS) is 11.8. The van der Waals surface area contributed by atoms with E-state index in [4.69, 9.17) is 9.47 Å². The molecule has 0 aliphatic carbocycles. The zero-order valence-electron chi connectivity index (χ0n) is 13.2. The van der Waals surface area contributed by atoms with E-state index >= 15 is 0 Å². The van der Waals surface area contributed by atoms with E-state index in [2.05, 4.69) is 4.72 Å². The molecule has 0 saturated heterocycles. The van der Waals surface area contributed by atoms with Crippen LogP contribution in [-0.2, 0) is 16.2 Å². The molecule has 0 aromatic heterocycles. The molecule has 0 bridgehead atoms. The van der Waals surface area contributed by atoms with Gasteiger partial charge in [-0.05, 0) is 48.5 Å². The van der Waals surface area contributed by atoms with Crippen molar-refractivity contribution >= 4 is 15.7 Å². The van der Waals surface area contributed by atoms with Crippen LogP contribution in [0.4, 0.5) is 18.9 Å². The number of methoxy groups -OCH3 is 1. The first-order valence-electron chi connectivity index (χ1n) is 7.14. The van der Waals surface area contributed by atoms with Gasteiger partial charge in [-0.25, -0.2) is 8.42 Å². The van der Waals surface area contributed by atoms with Gasteiger partial charge in [-0.1, -0.05) is 0 Å². The lowest BCUT2D eigenvalue weighted by Crippen LogP contribution is -2.21. The predicted octanol–water partition coefficient (Wildman–Crippen LogP) is 3.53. The summed E-state index contributed by atoms with van der Waals surface area (Å²) in [7, 11) is -2.22. The summed E-state index contributed by atoms with van der Waals surface area (Å²) in [5.41, 5.74) is -0.796. The number of hydrogen-bond acceptors (Lipinski definition) is 4. The highest BCUT2D eigenvalue weighted by Crippen LogP contribution is 2.30. The average Bonchev–Trinajstić information content (AvgIpc) is 2.54. The van der Waals surface area contributed by atoms with Gasteiger partial charge in [-0.15, -0.1) is 0 Å². The predicted molar refractivity (Wildman–Crippen MR) is 87.3 cm³/mol. The third-order valence-corrected chi connectivity index (χ3v) is 4.42. The fourth-order valence-corrected chi connectivity index (χ4v) is 2.80.